The summed E-state index contributed by atoms with van der Waals surface area (Å²) in [6.07, 6.45) is 0. The molecule has 2 aromatic carbocycles. The number of benzene rings is 2. The van der Waals surface area contributed by atoms with Crippen molar-refractivity contribution in [2.24, 2.45) is 5.92 Å². The van der Waals surface area contributed by atoms with Gasteiger partial charge in [-0.15, -0.1) is 0 Å². The van der Waals surface area contributed by atoms with Crippen LogP contribution in [0.15, 0.2) is 54.6 Å². The fourth-order valence-corrected chi connectivity index (χ4v) is 2.83. The number of hydrogen-bond donors (Lipinski definition) is 2. The van der Waals surface area contributed by atoms with Gasteiger partial charge in [0, 0.05) is 28.3 Å². The summed E-state index contributed by atoms with van der Waals surface area (Å²) in [4.78, 5) is 33.2. The topological polar surface area (TPSA) is 93.2 Å². The van der Waals surface area contributed by atoms with Gasteiger partial charge in [0.25, 0.3) is 5.91 Å². The third kappa shape index (κ3) is 6.37. The zero-order valence-corrected chi connectivity index (χ0v) is 18.1. The van der Waals surface area contributed by atoms with E-state index in [1.165, 1.54) is 0 Å². The van der Waals surface area contributed by atoms with Gasteiger partial charge in [0.1, 0.15) is 0 Å². The molecule has 7 nitrogen and oxygen atoms in total. The standard InChI is InChI=1S/C24H26N4O3/c1-15(2)14-31-23(30)19-7-11-20(12-8-19)27-22(29)18-5-9-21(10-6-18)28-24-25-16(3)13-17(4)26-24/h5-13,15H,14H2,1-4H3,(H,27,29)(H,25,26,28). The van der Waals surface area contributed by atoms with Crippen LogP contribution in [0.5, 0.6) is 0 Å². The summed E-state index contributed by atoms with van der Waals surface area (Å²) in [5.74, 6) is 0.172. The number of ether oxygens (including phenoxy) is 1. The van der Waals surface area contributed by atoms with E-state index in [-0.39, 0.29) is 17.8 Å². The zero-order chi connectivity index (χ0) is 22.4. The highest BCUT2D eigenvalue weighted by Crippen LogP contribution is 2.17. The van der Waals surface area contributed by atoms with Crippen LogP contribution in [-0.4, -0.2) is 28.5 Å². The second-order valence-corrected chi connectivity index (χ2v) is 7.70. The molecule has 0 atom stereocenters. The minimum Gasteiger partial charge on any atom is -0.462 e. The Morgan fingerprint density at radius 1 is 0.871 bits per heavy atom. The van der Waals surface area contributed by atoms with E-state index in [0.717, 1.165) is 17.1 Å². The number of nitrogens with one attached hydrogen (secondary N) is 2. The Hall–Kier alpha value is -3.74. The number of nitrogens with zero attached hydrogens (tertiary/aromatic N) is 2. The summed E-state index contributed by atoms with van der Waals surface area (Å²) < 4.78 is 5.21. The van der Waals surface area contributed by atoms with E-state index in [1.807, 2.05) is 33.8 Å². The number of anilines is 3. The Kier molecular flexibility index (Phi) is 6.97. The van der Waals surface area contributed by atoms with Crippen molar-refractivity contribution in [3.63, 3.8) is 0 Å². The molecule has 0 aliphatic rings. The van der Waals surface area contributed by atoms with Crippen LogP contribution < -0.4 is 10.6 Å². The minimum atomic E-state index is -0.373. The average Bonchev–Trinajstić information content (AvgIpc) is 2.72. The normalized spacial score (nSPS) is 10.6. The van der Waals surface area contributed by atoms with Gasteiger partial charge in [-0.1, -0.05) is 13.8 Å². The van der Waals surface area contributed by atoms with Crippen molar-refractivity contribution in [3.8, 4) is 0 Å². The Bertz CT molecular complexity index is 1040. The first-order chi connectivity index (χ1) is 14.8. The van der Waals surface area contributed by atoms with Crippen LogP contribution in [0, 0.1) is 19.8 Å². The van der Waals surface area contributed by atoms with E-state index in [2.05, 4.69) is 20.6 Å². The highest BCUT2D eigenvalue weighted by Gasteiger charge is 2.10. The molecular weight excluding hydrogens is 392 g/mol. The number of rotatable bonds is 7. The predicted octanol–water partition coefficient (Wildman–Crippen LogP) is 4.90. The van der Waals surface area contributed by atoms with Crippen LogP contribution in [0.25, 0.3) is 0 Å². The van der Waals surface area contributed by atoms with Gasteiger partial charge in [-0.05, 0) is 74.4 Å². The van der Waals surface area contributed by atoms with Crippen molar-refractivity contribution in [2.75, 3.05) is 17.2 Å². The van der Waals surface area contributed by atoms with E-state index < -0.39 is 0 Å². The molecule has 0 spiro atoms. The first-order valence-corrected chi connectivity index (χ1v) is 10.1. The third-order valence-corrected chi connectivity index (χ3v) is 4.31. The molecule has 0 aliphatic carbocycles. The molecule has 0 unspecified atom stereocenters. The fourth-order valence-electron chi connectivity index (χ4n) is 2.83. The van der Waals surface area contributed by atoms with Crippen LogP contribution in [0.4, 0.5) is 17.3 Å². The Balaban J connectivity index is 1.59. The molecule has 0 bridgehead atoms. The molecule has 7 heteroatoms. The van der Waals surface area contributed by atoms with E-state index in [4.69, 9.17) is 4.74 Å². The zero-order valence-electron chi connectivity index (χ0n) is 18.1. The monoisotopic (exact) mass is 418 g/mol. The van der Waals surface area contributed by atoms with Gasteiger partial charge in [0.2, 0.25) is 5.95 Å². The molecule has 0 saturated carbocycles. The molecule has 0 aliphatic heterocycles. The molecule has 1 heterocycles. The first kappa shape index (κ1) is 22.0. The van der Waals surface area contributed by atoms with Gasteiger partial charge in [0.15, 0.2) is 0 Å². The number of amides is 1. The number of esters is 1. The number of aryl methyl sites for hydroxylation is 2. The van der Waals surface area contributed by atoms with E-state index in [9.17, 15) is 9.59 Å². The quantitative estimate of drug-likeness (QED) is 0.530. The van der Waals surface area contributed by atoms with Crippen molar-refractivity contribution in [2.45, 2.75) is 27.7 Å². The minimum absolute atomic E-state index is 0.246. The largest absolute Gasteiger partial charge is 0.462 e. The highest BCUT2D eigenvalue weighted by atomic mass is 16.5. The highest BCUT2D eigenvalue weighted by molar-refractivity contribution is 6.04. The van der Waals surface area contributed by atoms with Gasteiger partial charge in [-0.25, -0.2) is 14.8 Å². The van der Waals surface area contributed by atoms with E-state index >= 15 is 0 Å². The van der Waals surface area contributed by atoms with E-state index in [0.29, 0.717) is 29.4 Å². The maximum Gasteiger partial charge on any atom is 0.338 e. The van der Waals surface area contributed by atoms with Crippen LogP contribution in [0.2, 0.25) is 0 Å². The predicted molar refractivity (Wildman–Crippen MR) is 121 cm³/mol. The summed E-state index contributed by atoms with van der Waals surface area (Å²) in [7, 11) is 0. The molecule has 160 valence electrons. The average molecular weight is 418 g/mol. The lowest BCUT2D eigenvalue weighted by molar-refractivity contribution is 0.0459. The number of carbonyl (C=O) groups is 2. The lowest BCUT2D eigenvalue weighted by Gasteiger charge is -2.09. The first-order valence-electron chi connectivity index (χ1n) is 10.1. The molecule has 0 radical (unpaired) electrons. The number of aromatic nitrogens is 2. The van der Waals surface area contributed by atoms with Crippen LogP contribution in [0.3, 0.4) is 0 Å². The molecule has 3 aromatic rings. The summed E-state index contributed by atoms with van der Waals surface area (Å²) in [5, 5.41) is 5.96. The molecule has 2 N–H and O–H groups in total. The van der Waals surface area contributed by atoms with Crippen molar-refractivity contribution < 1.29 is 14.3 Å². The molecule has 0 saturated heterocycles. The summed E-state index contributed by atoms with van der Waals surface area (Å²) in [6.45, 7) is 8.15. The fraction of sp³-hybridized carbons (Fsp3) is 0.250. The Morgan fingerprint density at radius 2 is 1.42 bits per heavy atom. The number of hydrogen-bond acceptors (Lipinski definition) is 6. The Labute approximate surface area is 181 Å². The molecule has 0 fully saturated rings. The van der Waals surface area contributed by atoms with Crippen LogP contribution in [0.1, 0.15) is 46.0 Å². The molecule has 31 heavy (non-hydrogen) atoms. The third-order valence-electron chi connectivity index (χ3n) is 4.31. The van der Waals surface area contributed by atoms with Gasteiger partial charge >= 0.3 is 5.97 Å². The van der Waals surface area contributed by atoms with Crippen LogP contribution >= 0.6 is 0 Å². The lowest BCUT2D eigenvalue weighted by Crippen LogP contribution is -2.13. The maximum atomic E-state index is 12.5. The smallest absolute Gasteiger partial charge is 0.338 e. The van der Waals surface area contributed by atoms with Crippen molar-refractivity contribution in [1.29, 1.82) is 0 Å². The van der Waals surface area contributed by atoms with Crippen molar-refractivity contribution in [3.05, 3.63) is 77.1 Å². The molecule has 1 aromatic heterocycles. The van der Waals surface area contributed by atoms with Crippen LogP contribution in [-0.2, 0) is 4.74 Å². The second kappa shape index (κ2) is 9.84. The van der Waals surface area contributed by atoms with E-state index in [1.54, 1.807) is 48.5 Å². The summed E-state index contributed by atoms with van der Waals surface area (Å²) in [5.41, 5.74) is 4.09. The van der Waals surface area contributed by atoms with Gasteiger partial charge in [-0.2, -0.15) is 0 Å². The second-order valence-electron chi connectivity index (χ2n) is 7.70. The number of carbonyl (C=O) groups excluding carboxylic acids is 2. The molecule has 1 amide bonds. The SMILES string of the molecule is Cc1cc(C)nc(Nc2ccc(C(=O)Nc3ccc(C(=O)OCC(C)C)cc3)cc2)n1. The van der Waals surface area contributed by atoms with Gasteiger partial charge in [-0.3, -0.25) is 4.79 Å². The summed E-state index contributed by atoms with van der Waals surface area (Å²) in [6, 6.07) is 15.6. The maximum absolute atomic E-state index is 12.5. The lowest BCUT2D eigenvalue weighted by atomic mass is 10.1. The van der Waals surface area contributed by atoms with Crippen molar-refractivity contribution in [1.82, 2.24) is 9.97 Å². The summed E-state index contributed by atoms with van der Waals surface area (Å²) >= 11 is 0. The van der Waals surface area contributed by atoms with Gasteiger partial charge in [0.05, 0.1) is 12.2 Å². The molecular formula is C24H26N4O3. The molecule has 3 rings (SSSR count). The Morgan fingerprint density at radius 3 is 2.00 bits per heavy atom. The van der Waals surface area contributed by atoms with Gasteiger partial charge < -0.3 is 15.4 Å². The van der Waals surface area contributed by atoms with Crippen molar-refractivity contribution >= 4 is 29.2 Å².